The molecular formula is C12H16F2O3S. The van der Waals surface area contributed by atoms with E-state index in [1.807, 2.05) is 0 Å². The molecule has 1 N–H and O–H groups in total. The van der Waals surface area contributed by atoms with Gasteiger partial charge in [-0.2, -0.15) is 8.78 Å². The molecule has 0 aliphatic heterocycles. The monoisotopic (exact) mass is 278 g/mol. The lowest BCUT2D eigenvalue weighted by atomic mass is 9.53. The Morgan fingerprint density at radius 2 is 1.94 bits per heavy atom. The van der Waals surface area contributed by atoms with E-state index in [-0.39, 0.29) is 11.8 Å². The van der Waals surface area contributed by atoms with Gasteiger partial charge in [0.15, 0.2) is 0 Å². The maximum Gasteiger partial charge on any atom is 0.340 e. The number of halogens is 2. The van der Waals surface area contributed by atoms with Gasteiger partial charge in [0.05, 0.1) is 17.6 Å². The molecule has 4 aliphatic carbocycles. The van der Waals surface area contributed by atoms with Crippen molar-refractivity contribution in [3.8, 4) is 0 Å². The second kappa shape index (κ2) is 4.15. The number of ether oxygens (including phenoxy) is 1. The van der Waals surface area contributed by atoms with E-state index in [0.29, 0.717) is 24.5 Å². The van der Waals surface area contributed by atoms with E-state index >= 15 is 0 Å². The summed E-state index contributed by atoms with van der Waals surface area (Å²) < 4.78 is 40.0. The molecule has 4 bridgehead atoms. The quantitative estimate of drug-likeness (QED) is 0.803. The number of alkyl halides is 2. The van der Waals surface area contributed by atoms with Crippen LogP contribution in [-0.4, -0.2) is 27.8 Å². The van der Waals surface area contributed by atoms with E-state index in [2.05, 4.69) is 0 Å². The summed E-state index contributed by atoms with van der Waals surface area (Å²) >= 11 is -0.469. The number of rotatable bonds is 4. The van der Waals surface area contributed by atoms with E-state index in [1.165, 1.54) is 0 Å². The summed E-state index contributed by atoms with van der Waals surface area (Å²) in [6.45, 7) is -0.769. The molecule has 0 spiro atoms. The van der Waals surface area contributed by atoms with Gasteiger partial charge >= 0.3 is 5.25 Å². The molecule has 3 nitrogen and oxygen atoms in total. The minimum absolute atomic E-state index is 0.0200. The maximum absolute atomic E-state index is 13.0. The molecule has 0 saturated heterocycles. The Morgan fingerprint density at radius 3 is 2.50 bits per heavy atom. The molecule has 2 atom stereocenters. The van der Waals surface area contributed by atoms with Crippen molar-refractivity contribution in [1.29, 1.82) is 0 Å². The highest BCUT2D eigenvalue weighted by Crippen LogP contribution is 2.55. The number of carbonyl (C=O) groups excluding carboxylic acids is 1. The van der Waals surface area contributed by atoms with Crippen LogP contribution in [0.15, 0.2) is 0 Å². The molecule has 0 radical (unpaired) electrons. The molecule has 0 aromatic carbocycles. The molecule has 0 heterocycles. The summed E-state index contributed by atoms with van der Waals surface area (Å²) in [5.41, 5.74) is -0.538. The SMILES string of the molecule is O=C1C2CC3CC1CC(OCC(F)(F)SO)(C3)C2. The van der Waals surface area contributed by atoms with Crippen molar-refractivity contribution in [3.63, 3.8) is 0 Å². The van der Waals surface area contributed by atoms with Crippen molar-refractivity contribution in [1.82, 2.24) is 0 Å². The smallest absolute Gasteiger partial charge is 0.340 e. The lowest BCUT2D eigenvalue weighted by Crippen LogP contribution is -2.56. The molecule has 4 fully saturated rings. The predicted octanol–water partition coefficient (Wildman–Crippen LogP) is 2.95. The second-order valence-electron chi connectivity index (χ2n) is 5.95. The summed E-state index contributed by atoms with van der Waals surface area (Å²) in [5.74, 6) is 0.808. The Balaban J connectivity index is 1.71. The van der Waals surface area contributed by atoms with E-state index in [0.717, 1.165) is 19.3 Å². The number of hydrogen-bond donors (Lipinski definition) is 1. The summed E-state index contributed by atoms with van der Waals surface area (Å²) in [4.78, 5) is 11.9. The van der Waals surface area contributed by atoms with Crippen LogP contribution in [0.5, 0.6) is 0 Å². The highest BCUT2D eigenvalue weighted by Gasteiger charge is 2.56. The van der Waals surface area contributed by atoms with Crippen LogP contribution in [0.1, 0.15) is 32.1 Å². The lowest BCUT2D eigenvalue weighted by molar-refractivity contribution is -0.188. The average molecular weight is 278 g/mol. The first kappa shape index (κ1) is 12.8. The summed E-state index contributed by atoms with van der Waals surface area (Å²) in [7, 11) is 0. The van der Waals surface area contributed by atoms with Gasteiger partial charge in [-0.3, -0.25) is 4.79 Å². The van der Waals surface area contributed by atoms with Gasteiger partial charge in [0.25, 0.3) is 0 Å². The molecule has 4 saturated carbocycles. The van der Waals surface area contributed by atoms with Gasteiger partial charge in [0.2, 0.25) is 0 Å². The molecule has 0 aromatic rings. The highest BCUT2D eigenvalue weighted by atomic mass is 32.2. The van der Waals surface area contributed by atoms with Crippen LogP contribution in [0.4, 0.5) is 8.78 Å². The third kappa shape index (κ3) is 2.08. The molecule has 0 amide bonds. The third-order valence-electron chi connectivity index (χ3n) is 4.62. The highest BCUT2D eigenvalue weighted by molar-refractivity contribution is 7.94. The normalized spacial score (nSPS) is 42.6. The largest absolute Gasteiger partial charge is 0.368 e. The maximum atomic E-state index is 13.0. The van der Waals surface area contributed by atoms with Gasteiger partial charge in [0, 0.05) is 11.8 Å². The van der Waals surface area contributed by atoms with Crippen LogP contribution in [0.3, 0.4) is 0 Å². The van der Waals surface area contributed by atoms with E-state index in [1.54, 1.807) is 0 Å². The number of carbonyl (C=O) groups is 1. The average Bonchev–Trinajstić information content (AvgIpc) is 2.33. The number of hydrogen-bond acceptors (Lipinski definition) is 4. The van der Waals surface area contributed by atoms with Crippen LogP contribution < -0.4 is 0 Å². The summed E-state index contributed by atoms with van der Waals surface area (Å²) in [6, 6.07) is 0. The van der Waals surface area contributed by atoms with Crippen LogP contribution in [0.25, 0.3) is 0 Å². The van der Waals surface area contributed by atoms with E-state index in [4.69, 9.17) is 9.29 Å². The Morgan fingerprint density at radius 1 is 1.33 bits per heavy atom. The van der Waals surface area contributed by atoms with E-state index < -0.39 is 29.5 Å². The van der Waals surface area contributed by atoms with Crippen molar-refractivity contribution in [3.05, 3.63) is 0 Å². The summed E-state index contributed by atoms with van der Waals surface area (Å²) in [6.07, 6.45) is 3.78. The number of Topliss-reactive ketones (excluding diaryl/α,β-unsaturated/α-hetero) is 1. The molecule has 4 aliphatic rings. The fraction of sp³-hybridized carbons (Fsp3) is 0.917. The summed E-state index contributed by atoms with van der Waals surface area (Å²) in [5, 5.41) is -3.26. The number of ketones is 1. The Hall–Kier alpha value is -0.200. The molecule has 2 unspecified atom stereocenters. The molecule has 102 valence electrons. The van der Waals surface area contributed by atoms with Gasteiger partial charge in [-0.05, 0) is 38.0 Å². The van der Waals surface area contributed by atoms with Crippen molar-refractivity contribution in [2.45, 2.75) is 43.0 Å². The predicted molar refractivity (Wildman–Crippen MR) is 62.4 cm³/mol. The van der Waals surface area contributed by atoms with Crippen molar-refractivity contribution in [2.24, 2.45) is 17.8 Å². The van der Waals surface area contributed by atoms with Gasteiger partial charge < -0.3 is 9.29 Å². The molecule has 4 rings (SSSR count). The Bertz CT molecular complexity index is 356. The molecule has 18 heavy (non-hydrogen) atoms. The topological polar surface area (TPSA) is 46.5 Å². The van der Waals surface area contributed by atoms with Crippen molar-refractivity contribution >= 4 is 17.8 Å². The minimum Gasteiger partial charge on any atom is -0.368 e. The zero-order valence-corrected chi connectivity index (χ0v) is 10.7. The zero-order chi connectivity index (χ0) is 13.0. The second-order valence-corrected chi connectivity index (χ2v) is 6.73. The minimum atomic E-state index is -3.26. The molecule has 0 aromatic heterocycles. The van der Waals surface area contributed by atoms with Crippen molar-refractivity contribution in [2.75, 3.05) is 6.61 Å². The molecule has 6 heteroatoms. The fourth-order valence-electron chi connectivity index (χ4n) is 4.12. The standard InChI is InChI=1S/C12H16F2O3S/c13-12(14,18-16)6-17-11-3-7-1-8(4-11)10(15)9(2-7)5-11/h7-9,16H,1-6H2. The Labute approximate surface area is 108 Å². The molecular weight excluding hydrogens is 262 g/mol. The first-order valence-electron chi connectivity index (χ1n) is 6.31. The van der Waals surface area contributed by atoms with Crippen LogP contribution in [-0.2, 0) is 9.53 Å². The fourth-order valence-corrected chi connectivity index (χ4v) is 4.23. The van der Waals surface area contributed by atoms with Crippen LogP contribution in [0.2, 0.25) is 0 Å². The lowest BCUT2D eigenvalue weighted by Gasteiger charge is -2.55. The van der Waals surface area contributed by atoms with Gasteiger partial charge in [-0.25, -0.2) is 0 Å². The van der Waals surface area contributed by atoms with E-state index in [9.17, 15) is 13.6 Å². The first-order valence-corrected chi connectivity index (χ1v) is 7.08. The van der Waals surface area contributed by atoms with Gasteiger partial charge in [-0.15, -0.1) is 0 Å². The first-order chi connectivity index (χ1) is 8.43. The van der Waals surface area contributed by atoms with Crippen molar-refractivity contribution < 1.29 is 22.9 Å². The Kier molecular flexibility index (Phi) is 2.95. The van der Waals surface area contributed by atoms with Gasteiger partial charge in [0.1, 0.15) is 12.4 Å². The van der Waals surface area contributed by atoms with Crippen LogP contribution >= 0.6 is 12.0 Å². The third-order valence-corrected chi connectivity index (χ3v) is 5.00. The zero-order valence-electron chi connectivity index (χ0n) is 9.90. The van der Waals surface area contributed by atoms with Crippen LogP contribution in [0, 0.1) is 17.8 Å². The van der Waals surface area contributed by atoms with Gasteiger partial charge in [-0.1, -0.05) is 0 Å².